The Kier molecular flexibility index (Phi) is 4.01. The third-order valence-corrected chi connectivity index (χ3v) is 3.23. The lowest BCUT2D eigenvalue weighted by Gasteiger charge is -2.30. The van der Waals surface area contributed by atoms with Crippen molar-refractivity contribution in [2.24, 2.45) is 5.73 Å². The Balaban J connectivity index is 2.06. The van der Waals surface area contributed by atoms with Crippen LogP contribution in [-0.2, 0) is 0 Å². The van der Waals surface area contributed by atoms with Gasteiger partial charge >= 0.3 is 0 Å². The molecular weight excluding hydrogens is 224 g/mol. The van der Waals surface area contributed by atoms with Crippen LogP contribution in [-0.4, -0.2) is 29.9 Å². The molecule has 1 fully saturated rings. The molecule has 0 saturated carbocycles. The van der Waals surface area contributed by atoms with Crippen LogP contribution in [0.3, 0.4) is 0 Å². The summed E-state index contributed by atoms with van der Waals surface area (Å²) >= 11 is 0. The lowest BCUT2D eigenvalue weighted by Crippen LogP contribution is -2.42. The molecule has 1 saturated heterocycles. The summed E-state index contributed by atoms with van der Waals surface area (Å²) in [6, 6.07) is 7.71. The van der Waals surface area contributed by atoms with Crippen molar-refractivity contribution in [3.05, 3.63) is 35.4 Å². The molecule has 1 aliphatic rings. The van der Waals surface area contributed by atoms with Gasteiger partial charge in [-0.2, -0.15) is 0 Å². The van der Waals surface area contributed by atoms with Crippen molar-refractivity contribution < 1.29 is 4.79 Å². The molecule has 0 bridgehead atoms. The van der Waals surface area contributed by atoms with Gasteiger partial charge in [0.2, 0.25) is 0 Å². The van der Waals surface area contributed by atoms with Gasteiger partial charge in [0.1, 0.15) is 0 Å². The van der Waals surface area contributed by atoms with E-state index < -0.39 is 0 Å². The Bertz CT molecular complexity index is 473. The molecule has 94 valence electrons. The van der Waals surface area contributed by atoms with Crippen molar-refractivity contribution in [1.82, 2.24) is 4.90 Å². The zero-order chi connectivity index (χ0) is 13.0. The van der Waals surface area contributed by atoms with E-state index in [1.807, 2.05) is 29.2 Å². The Hall–Kier alpha value is -1.79. The first-order valence-corrected chi connectivity index (χ1v) is 6.28. The van der Waals surface area contributed by atoms with Crippen LogP contribution in [0.25, 0.3) is 0 Å². The molecule has 1 amide bonds. The van der Waals surface area contributed by atoms with Crippen LogP contribution in [0.2, 0.25) is 0 Å². The number of piperidine rings is 1. The number of hydrogen-bond donors (Lipinski definition) is 1. The zero-order valence-corrected chi connectivity index (χ0v) is 10.6. The average Bonchev–Trinajstić information content (AvgIpc) is 2.40. The van der Waals surface area contributed by atoms with Gasteiger partial charge in [0.15, 0.2) is 0 Å². The van der Waals surface area contributed by atoms with Crippen molar-refractivity contribution >= 4 is 5.91 Å². The van der Waals surface area contributed by atoms with Crippen LogP contribution in [0.4, 0.5) is 0 Å². The third kappa shape index (κ3) is 2.91. The van der Waals surface area contributed by atoms with Crippen LogP contribution in [0.1, 0.15) is 35.7 Å². The van der Waals surface area contributed by atoms with Gasteiger partial charge in [-0.25, -0.2) is 0 Å². The van der Waals surface area contributed by atoms with E-state index in [0.29, 0.717) is 0 Å². The molecule has 0 unspecified atom stereocenters. The molecule has 18 heavy (non-hydrogen) atoms. The van der Waals surface area contributed by atoms with Crippen molar-refractivity contribution in [1.29, 1.82) is 0 Å². The van der Waals surface area contributed by atoms with Crippen molar-refractivity contribution in [2.75, 3.05) is 13.1 Å². The summed E-state index contributed by atoms with van der Waals surface area (Å²) in [7, 11) is 0. The van der Waals surface area contributed by atoms with E-state index in [-0.39, 0.29) is 11.9 Å². The first-order valence-electron chi connectivity index (χ1n) is 6.28. The zero-order valence-electron chi connectivity index (χ0n) is 10.6. The Morgan fingerprint density at radius 3 is 2.44 bits per heavy atom. The molecule has 0 aromatic heterocycles. The highest BCUT2D eigenvalue weighted by Crippen LogP contribution is 2.13. The molecule has 3 nitrogen and oxygen atoms in total. The van der Waals surface area contributed by atoms with Gasteiger partial charge in [0, 0.05) is 30.3 Å². The van der Waals surface area contributed by atoms with Crippen molar-refractivity contribution in [3.8, 4) is 11.8 Å². The predicted octanol–water partition coefficient (Wildman–Crippen LogP) is 1.62. The maximum absolute atomic E-state index is 12.2. The van der Waals surface area contributed by atoms with Gasteiger partial charge in [-0.3, -0.25) is 4.79 Å². The summed E-state index contributed by atoms with van der Waals surface area (Å²) < 4.78 is 0. The highest BCUT2D eigenvalue weighted by Gasteiger charge is 2.21. The normalized spacial score (nSPS) is 16.0. The monoisotopic (exact) mass is 242 g/mol. The highest BCUT2D eigenvalue weighted by molar-refractivity contribution is 5.94. The maximum atomic E-state index is 12.2. The summed E-state index contributed by atoms with van der Waals surface area (Å²) in [6.45, 7) is 3.32. The van der Waals surface area contributed by atoms with E-state index in [9.17, 15) is 4.79 Å². The standard InChI is InChI=1S/C15H18N2O/c1-2-3-12-4-6-13(7-5-12)15(18)17-10-8-14(16)9-11-17/h4-7,14H,8-11,16H2,1H3. The number of amides is 1. The lowest BCUT2D eigenvalue weighted by molar-refractivity contribution is 0.0715. The topological polar surface area (TPSA) is 46.3 Å². The smallest absolute Gasteiger partial charge is 0.253 e. The molecule has 1 aromatic rings. The molecular formula is C15H18N2O. The number of rotatable bonds is 1. The van der Waals surface area contributed by atoms with Gasteiger partial charge in [-0.15, -0.1) is 5.92 Å². The number of hydrogen-bond acceptors (Lipinski definition) is 2. The summed E-state index contributed by atoms with van der Waals surface area (Å²) in [5, 5.41) is 0. The second kappa shape index (κ2) is 5.70. The minimum absolute atomic E-state index is 0.0953. The van der Waals surface area contributed by atoms with Crippen molar-refractivity contribution in [3.63, 3.8) is 0 Å². The van der Waals surface area contributed by atoms with Gasteiger partial charge in [0.25, 0.3) is 5.91 Å². The molecule has 2 N–H and O–H groups in total. The number of nitrogens with two attached hydrogens (primary N) is 1. The molecule has 0 spiro atoms. The fourth-order valence-electron chi connectivity index (χ4n) is 2.13. The molecule has 0 radical (unpaired) electrons. The van der Waals surface area contributed by atoms with Gasteiger partial charge < -0.3 is 10.6 Å². The minimum Gasteiger partial charge on any atom is -0.339 e. The second-order valence-electron chi connectivity index (χ2n) is 4.58. The van der Waals surface area contributed by atoms with Crippen LogP contribution < -0.4 is 5.73 Å². The maximum Gasteiger partial charge on any atom is 0.253 e. The first-order chi connectivity index (χ1) is 8.70. The fourth-order valence-corrected chi connectivity index (χ4v) is 2.13. The number of likely N-dealkylation sites (tertiary alicyclic amines) is 1. The van der Waals surface area contributed by atoms with Crippen molar-refractivity contribution in [2.45, 2.75) is 25.8 Å². The van der Waals surface area contributed by atoms with E-state index in [1.54, 1.807) is 6.92 Å². The van der Waals surface area contributed by atoms with E-state index in [4.69, 9.17) is 5.73 Å². The molecule has 3 heteroatoms. The number of benzene rings is 1. The Labute approximate surface area is 108 Å². The first kappa shape index (κ1) is 12.7. The van der Waals surface area contributed by atoms with Gasteiger partial charge in [-0.05, 0) is 44.0 Å². The lowest BCUT2D eigenvalue weighted by atomic mass is 10.0. The van der Waals surface area contributed by atoms with Gasteiger partial charge in [0.05, 0.1) is 0 Å². The largest absolute Gasteiger partial charge is 0.339 e. The SMILES string of the molecule is CC#Cc1ccc(C(=O)N2CCC(N)CC2)cc1. The Morgan fingerprint density at radius 1 is 1.28 bits per heavy atom. The number of carbonyl (C=O) groups excluding carboxylic acids is 1. The van der Waals surface area contributed by atoms with Crippen LogP contribution >= 0.6 is 0 Å². The average molecular weight is 242 g/mol. The Morgan fingerprint density at radius 2 is 1.89 bits per heavy atom. The summed E-state index contributed by atoms with van der Waals surface area (Å²) in [4.78, 5) is 14.1. The summed E-state index contributed by atoms with van der Waals surface area (Å²) in [5.74, 6) is 5.90. The third-order valence-electron chi connectivity index (χ3n) is 3.23. The quantitative estimate of drug-likeness (QED) is 0.761. The number of carbonyl (C=O) groups is 1. The fraction of sp³-hybridized carbons (Fsp3) is 0.400. The minimum atomic E-state index is 0.0953. The van der Waals surface area contributed by atoms with E-state index in [0.717, 1.165) is 37.1 Å². The molecule has 1 aromatic carbocycles. The van der Waals surface area contributed by atoms with Crippen LogP contribution in [0.5, 0.6) is 0 Å². The van der Waals surface area contributed by atoms with E-state index in [2.05, 4.69) is 11.8 Å². The van der Waals surface area contributed by atoms with Crippen LogP contribution in [0, 0.1) is 11.8 Å². The molecule has 0 atom stereocenters. The predicted molar refractivity (Wildman–Crippen MR) is 72.1 cm³/mol. The van der Waals surface area contributed by atoms with E-state index in [1.165, 1.54) is 0 Å². The van der Waals surface area contributed by atoms with Gasteiger partial charge in [-0.1, -0.05) is 5.92 Å². The second-order valence-corrected chi connectivity index (χ2v) is 4.58. The summed E-state index contributed by atoms with van der Waals surface area (Å²) in [5.41, 5.74) is 7.50. The van der Waals surface area contributed by atoms with Crippen LogP contribution in [0.15, 0.2) is 24.3 Å². The highest BCUT2D eigenvalue weighted by atomic mass is 16.2. The molecule has 1 heterocycles. The number of nitrogens with zero attached hydrogens (tertiary/aromatic N) is 1. The molecule has 2 rings (SSSR count). The van der Waals surface area contributed by atoms with E-state index >= 15 is 0 Å². The molecule has 0 aliphatic carbocycles. The summed E-state index contributed by atoms with van der Waals surface area (Å²) in [6.07, 6.45) is 1.79. The molecule has 1 aliphatic heterocycles.